The van der Waals surface area contributed by atoms with Gasteiger partial charge in [0.05, 0.1) is 5.69 Å². The number of rotatable bonds is 6. The van der Waals surface area contributed by atoms with Crippen LogP contribution in [0.15, 0.2) is 84.2 Å². The van der Waals surface area contributed by atoms with Crippen LogP contribution in [-0.2, 0) is 19.6 Å². The van der Waals surface area contributed by atoms with E-state index in [1.165, 1.54) is 48.0 Å². The summed E-state index contributed by atoms with van der Waals surface area (Å²) >= 11 is 0. The van der Waals surface area contributed by atoms with E-state index in [2.05, 4.69) is 80.6 Å². The SMILES string of the molecule is C1=C2/C=C\CCCCCN(Cc3cccc(CNCc4ccccn4)c3)CCNC/C=C(\CN1)C2. The van der Waals surface area contributed by atoms with Crippen molar-refractivity contribution < 1.29 is 0 Å². The van der Waals surface area contributed by atoms with Crippen LogP contribution in [0.25, 0.3) is 0 Å². The van der Waals surface area contributed by atoms with Crippen molar-refractivity contribution in [1.82, 2.24) is 25.8 Å². The summed E-state index contributed by atoms with van der Waals surface area (Å²) in [5, 5.41) is 10.6. The fourth-order valence-electron chi connectivity index (χ4n) is 4.71. The molecule has 0 unspecified atom stereocenters. The first-order valence-electron chi connectivity index (χ1n) is 13.2. The average molecular weight is 472 g/mol. The number of hydrogen-bond acceptors (Lipinski definition) is 5. The molecule has 0 saturated carbocycles. The predicted molar refractivity (Wildman–Crippen MR) is 146 cm³/mol. The van der Waals surface area contributed by atoms with E-state index < -0.39 is 0 Å². The number of benzene rings is 1. The third-order valence-corrected chi connectivity index (χ3v) is 6.62. The van der Waals surface area contributed by atoms with Crippen molar-refractivity contribution in [2.45, 2.75) is 51.7 Å². The Kier molecular flexibility index (Phi) is 10.6. The molecule has 2 aliphatic rings. The van der Waals surface area contributed by atoms with Gasteiger partial charge in [-0.05, 0) is 66.6 Å². The minimum Gasteiger partial charge on any atom is -0.387 e. The summed E-state index contributed by atoms with van der Waals surface area (Å²) in [6.07, 6.45) is 17.1. The van der Waals surface area contributed by atoms with E-state index in [4.69, 9.17) is 0 Å². The van der Waals surface area contributed by atoms with Gasteiger partial charge in [0.1, 0.15) is 0 Å². The van der Waals surface area contributed by atoms with E-state index >= 15 is 0 Å². The third-order valence-electron chi connectivity index (χ3n) is 6.62. The largest absolute Gasteiger partial charge is 0.387 e. The lowest BCUT2D eigenvalue weighted by atomic mass is 10.0. The molecule has 3 N–H and O–H groups in total. The monoisotopic (exact) mass is 471 g/mol. The second kappa shape index (κ2) is 14.6. The summed E-state index contributed by atoms with van der Waals surface area (Å²) in [6, 6.07) is 15.1. The van der Waals surface area contributed by atoms with Crippen molar-refractivity contribution in [2.75, 3.05) is 32.7 Å². The number of nitrogens with one attached hydrogen (secondary N) is 3. The van der Waals surface area contributed by atoms with E-state index in [0.29, 0.717) is 0 Å². The van der Waals surface area contributed by atoms with Gasteiger partial charge in [-0.15, -0.1) is 0 Å². The van der Waals surface area contributed by atoms with Gasteiger partial charge in [0.25, 0.3) is 0 Å². The minimum atomic E-state index is 0.794. The molecule has 1 aromatic heterocycles. The number of hydrogen-bond donors (Lipinski definition) is 3. The number of fused-ring (bicyclic) bond motifs is 2. The normalized spacial score (nSPS) is 20.8. The molecule has 0 aliphatic carbocycles. The Labute approximate surface area is 211 Å². The van der Waals surface area contributed by atoms with Gasteiger partial charge in [-0.3, -0.25) is 9.88 Å². The van der Waals surface area contributed by atoms with Gasteiger partial charge in [-0.2, -0.15) is 0 Å². The topological polar surface area (TPSA) is 52.2 Å². The maximum atomic E-state index is 4.40. The van der Waals surface area contributed by atoms with Crippen LogP contribution in [0.2, 0.25) is 0 Å². The Morgan fingerprint density at radius 1 is 0.971 bits per heavy atom. The van der Waals surface area contributed by atoms with Crippen molar-refractivity contribution in [3.63, 3.8) is 0 Å². The molecule has 35 heavy (non-hydrogen) atoms. The van der Waals surface area contributed by atoms with Crippen LogP contribution in [0.5, 0.6) is 0 Å². The highest BCUT2D eigenvalue weighted by Crippen LogP contribution is 2.16. The molecule has 2 aliphatic heterocycles. The Bertz CT molecular complexity index is 979. The highest BCUT2D eigenvalue weighted by Gasteiger charge is 2.08. The molecular weight excluding hydrogens is 430 g/mol. The summed E-state index contributed by atoms with van der Waals surface area (Å²) in [7, 11) is 0. The molecule has 0 radical (unpaired) electrons. The number of allylic oxidation sites excluding steroid dienone is 3. The third kappa shape index (κ3) is 9.44. The first-order chi connectivity index (χ1) is 17.3. The van der Waals surface area contributed by atoms with Crippen LogP contribution >= 0.6 is 0 Å². The van der Waals surface area contributed by atoms with Gasteiger partial charge in [-0.25, -0.2) is 0 Å². The van der Waals surface area contributed by atoms with E-state index in [1.54, 1.807) is 0 Å². The quantitative estimate of drug-likeness (QED) is 0.534. The minimum absolute atomic E-state index is 0.794. The summed E-state index contributed by atoms with van der Waals surface area (Å²) < 4.78 is 0. The smallest absolute Gasteiger partial charge is 0.0541 e. The van der Waals surface area contributed by atoms with E-state index in [1.807, 2.05) is 18.3 Å². The van der Waals surface area contributed by atoms with Crippen molar-refractivity contribution in [3.8, 4) is 0 Å². The van der Waals surface area contributed by atoms with Crippen molar-refractivity contribution in [1.29, 1.82) is 0 Å². The van der Waals surface area contributed by atoms with E-state index in [-0.39, 0.29) is 0 Å². The molecule has 0 amide bonds. The summed E-state index contributed by atoms with van der Waals surface area (Å²) in [6.45, 7) is 7.83. The van der Waals surface area contributed by atoms with Crippen LogP contribution in [0, 0.1) is 0 Å². The van der Waals surface area contributed by atoms with Crippen LogP contribution in [-0.4, -0.2) is 42.6 Å². The first-order valence-corrected chi connectivity index (χ1v) is 13.2. The maximum absolute atomic E-state index is 4.40. The second-order valence-corrected chi connectivity index (χ2v) is 9.62. The molecule has 0 atom stereocenters. The summed E-state index contributed by atoms with van der Waals surface area (Å²) in [5.74, 6) is 0. The molecule has 0 fully saturated rings. The molecular formula is C30H41N5. The van der Waals surface area contributed by atoms with Crippen molar-refractivity contribution >= 4 is 0 Å². The Morgan fingerprint density at radius 2 is 1.94 bits per heavy atom. The zero-order valence-corrected chi connectivity index (χ0v) is 21.0. The standard InChI is InChI=1S/C30H41N5/c1-2-4-9-26-19-28(23-32-21-26)13-15-31-16-18-35(17-7-3-1)25-29-11-8-10-27(20-29)22-33-24-30-12-5-6-14-34-30/h4-6,8-14,20-21,31-33H,1-3,7,15-19,22-25H2/b9-4-,28-13-. The van der Waals surface area contributed by atoms with Crippen LogP contribution in [0.4, 0.5) is 0 Å². The molecule has 186 valence electrons. The number of nitrogens with zero attached hydrogens (tertiary/aromatic N) is 2. The number of aromatic nitrogens is 1. The highest BCUT2D eigenvalue weighted by molar-refractivity contribution is 5.29. The zero-order valence-electron chi connectivity index (χ0n) is 21.0. The fourth-order valence-corrected chi connectivity index (χ4v) is 4.71. The maximum Gasteiger partial charge on any atom is 0.0541 e. The van der Waals surface area contributed by atoms with Crippen LogP contribution in [0.3, 0.4) is 0 Å². The molecule has 0 spiro atoms. The fraction of sp³-hybridized carbons (Fsp3) is 0.433. The van der Waals surface area contributed by atoms with Gasteiger partial charge in [-0.1, -0.05) is 55.0 Å². The Balaban J connectivity index is 1.29. The Morgan fingerprint density at radius 3 is 2.89 bits per heavy atom. The molecule has 5 heteroatoms. The molecule has 4 rings (SSSR count). The Hall–Kier alpha value is -2.73. The lowest BCUT2D eigenvalue weighted by molar-refractivity contribution is 0.260. The first kappa shape index (κ1) is 25.4. The molecule has 3 heterocycles. The summed E-state index contributed by atoms with van der Waals surface area (Å²) in [5.41, 5.74) is 6.69. The van der Waals surface area contributed by atoms with E-state index in [0.717, 1.165) is 64.5 Å². The van der Waals surface area contributed by atoms with Crippen molar-refractivity contribution in [2.24, 2.45) is 0 Å². The lowest BCUT2D eigenvalue weighted by Gasteiger charge is -2.23. The van der Waals surface area contributed by atoms with E-state index in [9.17, 15) is 0 Å². The highest BCUT2D eigenvalue weighted by atomic mass is 15.1. The van der Waals surface area contributed by atoms with Gasteiger partial charge in [0, 0.05) is 58.2 Å². The molecule has 2 aromatic rings. The molecule has 5 nitrogen and oxygen atoms in total. The van der Waals surface area contributed by atoms with Crippen molar-refractivity contribution in [3.05, 3.63) is 101 Å². The molecule has 2 bridgehead atoms. The molecule has 1 aromatic carbocycles. The predicted octanol–water partition coefficient (Wildman–Crippen LogP) is 4.70. The average Bonchev–Trinajstić information content (AvgIpc) is 2.88. The van der Waals surface area contributed by atoms with Gasteiger partial charge in [0.2, 0.25) is 0 Å². The van der Waals surface area contributed by atoms with Gasteiger partial charge < -0.3 is 16.0 Å². The zero-order chi connectivity index (χ0) is 24.0. The molecule has 0 saturated heterocycles. The van der Waals surface area contributed by atoms with Crippen LogP contribution in [0.1, 0.15) is 48.9 Å². The number of pyridine rings is 1. The second-order valence-electron chi connectivity index (χ2n) is 9.62. The lowest BCUT2D eigenvalue weighted by Crippen LogP contribution is -2.33. The van der Waals surface area contributed by atoms with Gasteiger partial charge >= 0.3 is 0 Å². The van der Waals surface area contributed by atoms with Crippen LogP contribution < -0.4 is 16.0 Å². The van der Waals surface area contributed by atoms with Gasteiger partial charge in [0.15, 0.2) is 0 Å². The summed E-state index contributed by atoms with van der Waals surface area (Å²) in [4.78, 5) is 7.01.